The minimum absolute atomic E-state index is 0.308. The molecule has 0 amide bonds. The first-order valence-corrected chi connectivity index (χ1v) is 5.01. The number of unbranched alkanes of at least 4 members (excludes halogenated alkanes) is 1. The fourth-order valence-electron chi connectivity index (χ4n) is 1.19. The van der Waals surface area contributed by atoms with Gasteiger partial charge in [0.25, 0.3) is 0 Å². The number of hydrogen-bond donors (Lipinski definition) is 0. The summed E-state index contributed by atoms with van der Waals surface area (Å²) in [5, 5.41) is 0. The summed E-state index contributed by atoms with van der Waals surface area (Å²) in [7, 11) is 0. The molecule has 0 aliphatic carbocycles. The fraction of sp³-hybridized carbons (Fsp3) is 0.333. The number of ketones is 1. The second-order valence-electron chi connectivity index (χ2n) is 3.18. The standard InChI is InChI=1S/C12H14O3/c1-2-3-8-15-12-7-5-4-6-10(12)11(14)9-13/h4-7,9H,2-3,8H2,1H3. The van der Waals surface area contributed by atoms with Gasteiger partial charge in [0.1, 0.15) is 5.75 Å². The highest BCUT2D eigenvalue weighted by Gasteiger charge is 2.10. The molecule has 0 fully saturated rings. The van der Waals surface area contributed by atoms with Crippen LogP contribution in [0.25, 0.3) is 0 Å². The van der Waals surface area contributed by atoms with Gasteiger partial charge in [0.15, 0.2) is 6.29 Å². The second-order valence-corrected chi connectivity index (χ2v) is 3.18. The van der Waals surface area contributed by atoms with Crippen LogP contribution in [0.2, 0.25) is 0 Å². The third kappa shape index (κ3) is 3.20. The van der Waals surface area contributed by atoms with Crippen molar-refractivity contribution in [3.63, 3.8) is 0 Å². The maximum Gasteiger partial charge on any atom is 0.229 e. The van der Waals surface area contributed by atoms with Gasteiger partial charge in [0, 0.05) is 0 Å². The van der Waals surface area contributed by atoms with E-state index in [2.05, 4.69) is 6.92 Å². The summed E-state index contributed by atoms with van der Waals surface area (Å²) < 4.78 is 5.42. The summed E-state index contributed by atoms with van der Waals surface area (Å²) >= 11 is 0. The normalized spacial score (nSPS) is 9.67. The van der Waals surface area contributed by atoms with E-state index >= 15 is 0 Å². The highest BCUT2D eigenvalue weighted by atomic mass is 16.5. The van der Waals surface area contributed by atoms with Gasteiger partial charge in [-0.25, -0.2) is 0 Å². The van der Waals surface area contributed by atoms with E-state index in [4.69, 9.17) is 4.74 Å². The number of hydrogen-bond acceptors (Lipinski definition) is 3. The van der Waals surface area contributed by atoms with Gasteiger partial charge in [-0.3, -0.25) is 9.59 Å². The zero-order chi connectivity index (χ0) is 11.1. The van der Waals surface area contributed by atoms with E-state index in [1.54, 1.807) is 24.3 Å². The zero-order valence-electron chi connectivity index (χ0n) is 8.73. The highest BCUT2D eigenvalue weighted by Crippen LogP contribution is 2.18. The number of carbonyl (C=O) groups excluding carboxylic acids is 2. The molecule has 0 atom stereocenters. The van der Waals surface area contributed by atoms with Gasteiger partial charge in [0.05, 0.1) is 12.2 Å². The Labute approximate surface area is 89.1 Å². The molecule has 0 saturated carbocycles. The van der Waals surface area contributed by atoms with Crippen LogP contribution in [-0.4, -0.2) is 18.7 Å². The summed E-state index contributed by atoms with van der Waals surface area (Å²) in [5.74, 6) is -0.0508. The number of aldehydes is 1. The molecule has 0 spiro atoms. The quantitative estimate of drug-likeness (QED) is 0.310. The lowest BCUT2D eigenvalue weighted by molar-refractivity contribution is -0.104. The lowest BCUT2D eigenvalue weighted by Gasteiger charge is -2.07. The summed E-state index contributed by atoms with van der Waals surface area (Å²) in [6.45, 7) is 2.63. The molecule has 15 heavy (non-hydrogen) atoms. The Morgan fingerprint density at radius 1 is 1.40 bits per heavy atom. The Balaban J connectivity index is 2.77. The lowest BCUT2D eigenvalue weighted by atomic mass is 10.1. The summed E-state index contributed by atoms with van der Waals surface area (Å²) in [5.41, 5.74) is 0.337. The average molecular weight is 206 g/mol. The SMILES string of the molecule is CCCCOc1ccccc1C(=O)C=O. The van der Waals surface area contributed by atoms with E-state index in [1.165, 1.54) is 0 Å². The fourth-order valence-corrected chi connectivity index (χ4v) is 1.19. The van der Waals surface area contributed by atoms with E-state index in [0.717, 1.165) is 12.8 Å². The first kappa shape index (κ1) is 11.4. The van der Waals surface area contributed by atoms with E-state index in [-0.39, 0.29) is 0 Å². The minimum atomic E-state index is -0.540. The molecular formula is C12H14O3. The van der Waals surface area contributed by atoms with Crippen LogP contribution in [-0.2, 0) is 4.79 Å². The summed E-state index contributed by atoms with van der Waals surface area (Å²) in [6, 6.07) is 6.79. The van der Waals surface area contributed by atoms with Crippen molar-refractivity contribution >= 4 is 12.1 Å². The van der Waals surface area contributed by atoms with E-state index in [0.29, 0.717) is 24.2 Å². The highest BCUT2D eigenvalue weighted by molar-refractivity contribution is 6.34. The largest absolute Gasteiger partial charge is 0.493 e. The molecule has 0 aliphatic rings. The van der Waals surface area contributed by atoms with E-state index in [9.17, 15) is 9.59 Å². The van der Waals surface area contributed by atoms with Crippen molar-refractivity contribution in [2.45, 2.75) is 19.8 Å². The average Bonchev–Trinajstić information content (AvgIpc) is 2.29. The molecule has 0 heterocycles. The van der Waals surface area contributed by atoms with Gasteiger partial charge in [-0.05, 0) is 18.6 Å². The first-order chi connectivity index (χ1) is 7.29. The van der Waals surface area contributed by atoms with Crippen LogP contribution in [0, 0.1) is 0 Å². The molecule has 0 aliphatic heterocycles. The number of rotatable bonds is 6. The number of carbonyl (C=O) groups is 2. The lowest BCUT2D eigenvalue weighted by Crippen LogP contribution is -2.05. The van der Waals surface area contributed by atoms with Crippen molar-refractivity contribution in [1.82, 2.24) is 0 Å². The predicted octanol–water partition coefficient (Wildman–Crippen LogP) is 2.25. The molecule has 0 radical (unpaired) electrons. The summed E-state index contributed by atoms with van der Waals surface area (Å²) in [4.78, 5) is 21.6. The zero-order valence-corrected chi connectivity index (χ0v) is 8.73. The number of Topliss-reactive ketones (excluding diaryl/α,β-unsaturated/α-hetero) is 1. The topological polar surface area (TPSA) is 43.4 Å². The third-order valence-corrected chi connectivity index (χ3v) is 2.02. The van der Waals surface area contributed by atoms with Gasteiger partial charge in [-0.15, -0.1) is 0 Å². The van der Waals surface area contributed by atoms with Gasteiger partial charge >= 0.3 is 0 Å². The van der Waals surface area contributed by atoms with Crippen LogP contribution in [0.5, 0.6) is 5.75 Å². The van der Waals surface area contributed by atoms with E-state index < -0.39 is 5.78 Å². The van der Waals surface area contributed by atoms with Gasteiger partial charge in [-0.1, -0.05) is 25.5 Å². The Kier molecular flexibility index (Phi) is 4.54. The first-order valence-electron chi connectivity index (χ1n) is 5.01. The van der Waals surface area contributed by atoms with Crippen molar-refractivity contribution in [1.29, 1.82) is 0 Å². The third-order valence-electron chi connectivity index (χ3n) is 2.02. The Hall–Kier alpha value is -1.64. The second kappa shape index (κ2) is 5.96. The predicted molar refractivity (Wildman–Crippen MR) is 57.2 cm³/mol. The Bertz CT molecular complexity index is 344. The molecular weight excluding hydrogens is 192 g/mol. The molecule has 0 unspecified atom stereocenters. The van der Waals surface area contributed by atoms with Crippen molar-refractivity contribution in [3.05, 3.63) is 29.8 Å². The maximum absolute atomic E-state index is 11.2. The molecule has 1 aromatic carbocycles. The molecule has 0 bridgehead atoms. The number of ether oxygens (including phenoxy) is 1. The van der Waals surface area contributed by atoms with Crippen LogP contribution in [0.3, 0.4) is 0 Å². The number of para-hydroxylation sites is 1. The molecule has 0 aromatic heterocycles. The monoisotopic (exact) mass is 206 g/mol. The van der Waals surface area contributed by atoms with Crippen LogP contribution in [0.15, 0.2) is 24.3 Å². The molecule has 0 N–H and O–H groups in total. The van der Waals surface area contributed by atoms with Crippen molar-refractivity contribution in [2.75, 3.05) is 6.61 Å². The van der Waals surface area contributed by atoms with Gasteiger partial charge < -0.3 is 4.74 Å². The van der Waals surface area contributed by atoms with E-state index in [1.807, 2.05) is 0 Å². The number of benzene rings is 1. The van der Waals surface area contributed by atoms with Crippen LogP contribution >= 0.6 is 0 Å². The van der Waals surface area contributed by atoms with Gasteiger partial charge in [-0.2, -0.15) is 0 Å². The Morgan fingerprint density at radius 2 is 2.13 bits per heavy atom. The molecule has 80 valence electrons. The minimum Gasteiger partial charge on any atom is -0.493 e. The molecule has 3 heteroatoms. The molecule has 1 rings (SSSR count). The maximum atomic E-state index is 11.2. The van der Waals surface area contributed by atoms with Crippen LogP contribution < -0.4 is 4.74 Å². The van der Waals surface area contributed by atoms with Gasteiger partial charge in [0.2, 0.25) is 5.78 Å². The van der Waals surface area contributed by atoms with Crippen molar-refractivity contribution in [3.8, 4) is 5.75 Å². The smallest absolute Gasteiger partial charge is 0.229 e. The molecule has 0 saturated heterocycles. The molecule has 3 nitrogen and oxygen atoms in total. The van der Waals surface area contributed by atoms with Crippen molar-refractivity contribution in [2.24, 2.45) is 0 Å². The molecule has 1 aromatic rings. The summed E-state index contributed by atoms with van der Waals surface area (Å²) in [6.07, 6.45) is 2.27. The van der Waals surface area contributed by atoms with Crippen molar-refractivity contribution < 1.29 is 14.3 Å². The van der Waals surface area contributed by atoms with Crippen LogP contribution in [0.4, 0.5) is 0 Å². The van der Waals surface area contributed by atoms with Crippen LogP contribution in [0.1, 0.15) is 30.1 Å². The Morgan fingerprint density at radius 3 is 2.80 bits per heavy atom.